The zero-order valence-corrected chi connectivity index (χ0v) is 40.2. The molecule has 11 nitrogen and oxygen atoms in total. The average molecular weight is 852 g/mol. The Labute approximate surface area is 368 Å². The number of hydrogen-bond acceptors (Lipinski definition) is 10. The van der Waals surface area contributed by atoms with Gasteiger partial charge in [-0.05, 0) is 49.4 Å². The van der Waals surface area contributed by atoms with Crippen LogP contribution in [0, 0.1) is 23.7 Å². The molecule has 0 aliphatic heterocycles. The Hall–Kier alpha value is -2.05. The Morgan fingerprint density at radius 3 is 1.20 bits per heavy atom. The van der Waals surface area contributed by atoms with E-state index in [1.807, 2.05) is 17.8 Å². The summed E-state index contributed by atoms with van der Waals surface area (Å²) in [5.74, 6) is 2.29. The maximum Gasteiger partial charge on any atom is 0.307 e. The van der Waals surface area contributed by atoms with Crippen LogP contribution in [0.1, 0.15) is 190 Å². The molecule has 0 spiro atoms. The minimum Gasteiger partial charge on any atom is -0.465 e. The fraction of sp³-hybridized carbons (Fsp3) is 0.898. The quantitative estimate of drug-likeness (QED) is 0.0466. The first-order valence-corrected chi connectivity index (χ1v) is 24.6. The van der Waals surface area contributed by atoms with Crippen molar-refractivity contribution in [3.63, 3.8) is 0 Å². The molecular weight excluding hydrogens is 759 g/mol. The summed E-state index contributed by atoms with van der Waals surface area (Å²) in [6.07, 6.45) is 22.6. The Morgan fingerprint density at radius 1 is 0.567 bits per heavy atom. The van der Waals surface area contributed by atoms with Crippen LogP contribution in [0.15, 0.2) is 12.4 Å². The molecule has 0 saturated heterocycles. The number of hydrogen-bond donors (Lipinski definition) is 0. The number of imidazole rings is 1. The van der Waals surface area contributed by atoms with E-state index >= 15 is 0 Å². The van der Waals surface area contributed by atoms with Gasteiger partial charge >= 0.3 is 11.9 Å². The molecule has 0 fully saturated rings. The normalized spacial score (nSPS) is 14.8. The predicted molar refractivity (Wildman–Crippen MR) is 243 cm³/mol. The summed E-state index contributed by atoms with van der Waals surface area (Å²) >= 11 is 0. The molecule has 0 amide bonds. The molecule has 1 rings (SSSR count). The zero-order valence-electron chi connectivity index (χ0n) is 40.2. The van der Waals surface area contributed by atoms with Gasteiger partial charge in [-0.3, -0.25) is 14.5 Å². The van der Waals surface area contributed by atoms with Crippen molar-refractivity contribution in [2.75, 3.05) is 52.7 Å². The smallest absolute Gasteiger partial charge is 0.307 e. The molecule has 1 aromatic heterocycles. The van der Waals surface area contributed by atoms with Crippen molar-refractivity contribution in [2.45, 2.75) is 203 Å². The predicted octanol–water partition coefficient (Wildman–Crippen LogP) is 11.5. The first kappa shape index (κ1) is 56.0. The molecule has 0 radical (unpaired) electrons. The fourth-order valence-corrected chi connectivity index (χ4v) is 7.20. The highest BCUT2D eigenvalue weighted by Crippen LogP contribution is 2.20. The Kier molecular flexibility index (Phi) is 35.0. The average Bonchev–Trinajstić information content (AvgIpc) is 3.67. The van der Waals surface area contributed by atoms with E-state index in [0.29, 0.717) is 82.6 Å². The number of nitrogens with zero attached hydrogens (tertiary/aromatic N) is 3. The van der Waals surface area contributed by atoms with E-state index in [2.05, 4.69) is 65.3 Å². The third-order valence-electron chi connectivity index (χ3n) is 12.0. The minimum absolute atomic E-state index is 0.195. The Balaban J connectivity index is 2.77. The number of rotatable bonds is 42. The molecule has 0 saturated carbocycles. The maximum absolute atomic E-state index is 13.1. The number of ether oxygens (including phenoxy) is 6. The molecule has 0 aliphatic rings. The number of unbranched alkanes of at least 4 members (excludes halogenated alkanes) is 4. The summed E-state index contributed by atoms with van der Waals surface area (Å²) in [6.45, 7) is 22.2. The second kappa shape index (κ2) is 37.5. The number of aryl methyl sites for hydroxylation is 1. The van der Waals surface area contributed by atoms with Gasteiger partial charge in [0.15, 0.2) is 12.6 Å². The summed E-state index contributed by atoms with van der Waals surface area (Å²) in [5, 5.41) is 0. The van der Waals surface area contributed by atoms with Crippen molar-refractivity contribution in [3.05, 3.63) is 18.2 Å². The van der Waals surface area contributed by atoms with Crippen LogP contribution in [0.2, 0.25) is 0 Å². The SMILES string of the molecule is CCCCC(CC)COC(CCOC(=O)CCN(CCC(=O)OCCC(OCC(CC)CCCC)OCC(CC)CCCC)Cc1nccn1C)OCC(CC)CCCC. The van der Waals surface area contributed by atoms with Gasteiger partial charge in [0.05, 0.1) is 59.0 Å². The van der Waals surface area contributed by atoms with E-state index in [1.165, 1.54) is 51.4 Å². The van der Waals surface area contributed by atoms with E-state index in [-0.39, 0.29) is 38.0 Å². The third-order valence-corrected chi connectivity index (χ3v) is 12.0. The topological polar surface area (TPSA) is 111 Å². The van der Waals surface area contributed by atoms with Crippen LogP contribution in [0.4, 0.5) is 0 Å². The maximum atomic E-state index is 13.1. The minimum atomic E-state index is -0.401. The lowest BCUT2D eigenvalue weighted by molar-refractivity contribution is -0.171. The van der Waals surface area contributed by atoms with Gasteiger partial charge in [-0.2, -0.15) is 0 Å². The highest BCUT2D eigenvalue weighted by Gasteiger charge is 2.20. The van der Waals surface area contributed by atoms with Crippen LogP contribution in [0.25, 0.3) is 0 Å². The number of carbonyl (C=O) groups is 2. The lowest BCUT2D eigenvalue weighted by atomic mass is 10.0. The van der Waals surface area contributed by atoms with Crippen molar-refractivity contribution in [2.24, 2.45) is 30.7 Å². The van der Waals surface area contributed by atoms with Crippen molar-refractivity contribution < 1.29 is 38.0 Å². The third kappa shape index (κ3) is 27.8. The van der Waals surface area contributed by atoms with Gasteiger partial charge in [0.1, 0.15) is 5.82 Å². The molecule has 4 unspecified atom stereocenters. The van der Waals surface area contributed by atoms with E-state index < -0.39 is 12.6 Å². The van der Waals surface area contributed by atoms with Crippen LogP contribution in [-0.2, 0) is 51.6 Å². The molecule has 1 aromatic rings. The monoisotopic (exact) mass is 852 g/mol. The van der Waals surface area contributed by atoms with Gasteiger partial charge in [0.2, 0.25) is 0 Å². The molecule has 0 N–H and O–H groups in total. The molecule has 352 valence electrons. The van der Waals surface area contributed by atoms with Crippen molar-refractivity contribution in [1.82, 2.24) is 14.5 Å². The number of aromatic nitrogens is 2. The van der Waals surface area contributed by atoms with Crippen molar-refractivity contribution in [3.8, 4) is 0 Å². The van der Waals surface area contributed by atoms with Crippen molar-refractivity contribution >= 4 is 11.9 Å². The van der Waals surface area contributed by atoms with Gasteiger partial charge < -0.3 is 33.0 Å². The molecular formula is C49H93N3O8. The first-order chi connectivity index (χ1) is 29.2. The molecule has 60 heavy (non-hydrogen) atoms. The zero-order chi connectivity index (χ0) is 44.2. The van der Waals surface area contributed by atoms with Crippen molar-refractivity contribution in [1.29, 1.82) is 0 Å². The number of carbonyl (C=O) groups excluding carboxylic acids is 2. The van der Waals surface area contributed by atoms with Crippen LogP contribution in [0.5, 0.6) is 0 Å². The van der Waals surface area contributed by atoms with Crippen LogP contribution < -0.4 is 0 Å². The Bertz CT molecular complexity index is 1050. The molecule has 4 atom stereocenters. The first-order valence-electron chi connectivity index (χ1n) is 24.6. The second-order valence-corrected chi connectivity index (χ2v) is 17.1. The van der Waals surface area contributed by atoms with E-state index in [9.17, 15) is 9.59 Å². The van der Waals surface area contributed by atoms with Crippen LogP contribution in [-0.4, -0.2) is 91.7 Å². The van der Waals surface area contributed by atoms with E-state index in [0.717, 1.165) is 57.2 Å². The number of esters is 2. The van der Waals surface area contributed by atoms with Crippen LogP contribution >= 0.6 is 0 Å². The standard InChI is InChI=1S/C49H93N3O8/c1-10-18-22-41(14-5)37-57-48(58-38-42(15-6)23-19-11-2)28-34-55-46(53)26-31-52(36-45-50-30-33-51(45)9)32-27-47(54)56-35-29-49(59-39-43(16-7)24-20-12-3)60-40-44(17-8)25-21-13-4/h30,33,41-44,48-49H,10-29,31-32,34-40H2,1-9H3. The largest absolute Gasteiger partial charge is 0.465 e. The Morgan fingerprint density at radius 2 is 0.917 bits per heavy atom. The van der Waals surface area contributed by atoms with Gasteiger partial charge in [0.25, 0.3) is 0 Å². The van der Waals surface area contributed by atoms with Gasteiger partial charge in [-0.15, -0.1) is 0 Å². The van der Waals surface area contributed by atoms with Gasteiger partial charge in [-0.25, -0.2) is 4.98 Å². The summed E-state index contributed by atoms with van der Waals surface area (Å²) in [6, 6.07) is 0. The molecule has 1 heterocycles. The highest BCUT2D eigenvalue weighted by molar-refractivity contribution is 5.70. The lowest BCUT2D eigenvalue weighted by Crippen LogP contribution is -2.31. The molecule has 0 aliphatic carbocycles. The van der Waals surface area contributed by atoms with Gasteiger partial charge in [-0.1, -0.05) is 132 Å². The second-order valence-electron chi connectivity index (χ2n) is 17.1. The van der Waals surface area contributed by atoms with E-state index in [1.54, 1.807) is 6.20 Å². The summed E-state index contributed by atoms with van der Waals surface area (Å²) < 4.78 is 38.7. The van der Waals surface area contributed by atoms with Crippen LogP contribution in [0.3, 0.4) is 0 Å². The van der Waals surface area contributed by atoms with E-state index in [4.69, 9.17) is 28.4 Å². The molecule has 0 bridgehead atoms. The molecule has 11 heteroatoms. The van der Waals surface area contributed by atoms with Gasteiger partial charge in [0, 0.05) is 45.4 Å². The summed E-state index contributed by atoms with van der Waals surface area (Å²) in [7, 11) is 1.95. The highest BCUT2D eigenvalue weighted by atomic mass is 16.7. The fourth-order valence-electron chi connectivity index (χ4n) is 7.20. The summed E-state index contributed by atoms with van der Waals surface area (Å²) in [5.41, 5.74) is 0. The summed E-state index contributed by atoms with van der Waals surface area (Å²) in [4.78, 5) is 32.7. The lowest BCUT2D eigenvalue weighted by Gasteiger charge is -2.25. The molecule has 0 aromatic carbocycles.